The van der Waals surface area contributed by atoms with Crippen molar-refractivity contribution < 1.29 is 9.59 Å². The summed E-state index contributed by atoms with van der Waals surface area (Å²) in [5.74, 6) is -0.171. The summed E-state index contributed by atoms with van der Waals surface area (Å²) in [7, 11) is 0. The highest BCUT2D eigenvalue weighted by molar-refractivity contribution is 5.93. The molecule has 6 nitrogen and oxygen atoms in total. The molecule has 0 bridgehead atoms. The molecule has 1 aromatic carbocycles. The van der Waals surface area contributed by atoms with Crippen molar-refractivity contribution in [1.82, 2.24) is 9.88 Å². The number of carbonyl (C=O) groups is 2. The van der Waals surface area contributed by atoms with Gasteiger partial charge >= 0.3 is 0 Å². The maximum Gasteiger partial charge on any atom is 0.272 e. The molecule has 0 aliphatic carbocycles. The van der Waals surface area contributed by atoms with Gasteiger partial charge in [-0.3, -0.25) is 14.6 Å². The van der Waals surface area contributed by atoms with Crippen LogP contribution in [0.5, 0.6) is 0 Å². The summed E-state index contributed by atoms with van der Waals surface area (Å²) in [6, 6.07) is 11.0. The molecule has 0 fully saturated rings. The monoisotopic (exact) mass is 354 g/mol. The van der Waals surface area contributed by atoms with Gasteiger partial charge in [0.2, 0.25) is 5.91 Å². The minimum absolute atomic E-state index is 0.0515. The van der Waals surface area contributed by atoms with E-state index < -0.39 is 0 Å². The quantitative estimate of drug-likeness (QED) is 0.750. The number of amides is 2. The summed E-state index contributed by atoms with van der Waals surface area (Å²) in [6.45, 7) is 7.04. The normalized spacial score (nSPS) is 10.3. The van der Waals surface area contributed by atoms with Gasteiger partial charge in [-0.1, -0.05) is 19.9 Å². The van der Waals surface area contributed by atoms with Crippen molar-refractivity contribution in [2.75, 3.05) is 23.7 Å². The number of nitrogens with zero attached hydrogens (tertiary/aromatic N) is 2. The highest BCUT2D eigenvalue weighted by Gasteiger charge is 2.16. The van der Waals surface area contributed by atoms with Crippen molar-refractivity contribution in [3.8, 4) is 0 Å². The van der Waals surface area contributed by atoms with E-state index in [1.165, 1.54) is 6.92 Å². The Kier molecular flexibility index (Phi) is 7.14. The van der Waals surface area contributed by atoms with E-state index in [1.807, 2.05) is 35.2 Å². The van der Waals surface area contributed by atoms with E-state index in [9.17, 15) is 9.59 Å². The lowest BCUT2D eigenvalue weighted by atomic mass is 10.2. The van der Waals surface area contributed by atoms with Crippen LogP contribution >= 0.6 is 0 Å². The standard InChI is InChI=1S/C20H26N4O2/c1-4-11-24(12-5-2)20(26)19-14-18(9-10-21-19)23-17-8-6-7-16(13-17)22-15(3)25/h6-10,13-14H,4-5,11-12H2,1-3H3,(H,21,23)(H,22,25). The van der Waals surface area contributed by atoms with Crippen molar-refractivity contribution in [3.05, 3.63) is 48.3 Å². The highest BCUT2D eigenvalue weighted by Crippen LogP contribution is 2.21. The topological polar surface area (TPSA) is 74.3 Å². The molecule has 0 aliphatic heterocycles. The van der Waals surface area contributed by atoms with E-state index in [0.29, 0.717) is 11.4 Å². The fraction of sp³-hybridized carbons (Fsp3) is 0.350. The van der Waals surface area contributed by atoms with Crippen LogP contribution in [0.3, 0.4) is 0 Å². The van der Waals surface area contributed by atoms with E-state index in [-0.39, 0.29) is 11.8 Å². The van der Waals surface area contributed by atoms with Crippen LogP contribution in [0.25, 0.3) is 0 Å². The molecule has 2 rings (SSSR count). The molecule has 0 aliphatic rings. The highest BCUT2D eigenvalue weighted by atomic mass is 16.2. The van der Waals surface area contributed by atoms with Gasteiger partial charge < -0.3 is 15.5 Å². The van der Waals surface area contributed by atoms with E-state index in [4.69, 9.17) is 0 Å². The molecule has 0 saturated carbocycles. The number of rotatable bonds is 8. The van der Waals surface area contributed by atoms with Gasteiger partial charge in [-0.25, -0.2) is 0 Å². The second kappa shape index (κ2) is 9.56. The molecule has 138 valence electrons. The Balaban J connectivity index is 2.16. The molecule has 26 heavy (non-hydrogen) atoms. The third-order valence-corrected chi connectivity index (χ3v) is 3.72. The van der Waals surface area contributed by atoms with Gasteiger partial charge in [-0.15, -0.1) is 0 Å². The van der Waals surface area contributed by atoms with Crippen LogP contribution < -0.4 is 10.6 Å². The number of anilines is 3. The Hall–Kier alpha value is -2.89. The number of pyridine rings is 1. The molecule has 0 atom stereocenters. The van der Waals surface area contributed by atoms with Crippen LogP contribution in [0.15, 0.2) is 42.6 Å². The number of carbonyl (C=O) groups excluding carboxylic acids is 2. The zero-order chi connectivity index (χ0) is 18.9. The minimum atomic E-state index is -0.120. The summed E-state index contributed by atoms with van der Waals surface area (Å²) in [5, 5.41) is 6.01. The van der Waals surface area contributed by atoms with Crippen molar-refractivity contribution in [2.45, 2.75) is 33.6 Å². The molecule has 2 N–H and O–H groups in total. The second-order valence-electron chi connectivity index (χ2n) is 6.11. The first-order chi connectivity index (χ1) is 12.5. The average Bonchev–Trinajstić information content (AvgIpc) is 2.61. The fourth-order valence-corrected chi connectivity index (χ4v) is 2.69. The Labute approximate surface area is 154 Å². The third kappa shape index (κ3) is 5.58. The largest absolute Gasteiger partial charge is 0.355 e. The van der Waals surface area contributed by atoms with Gasteiger partial charge in [-0.05, 0) is 43.2 Å². The van der Waals surface area contributed by atoms with Crippen molar-refractivity contribution in [1.29, 1.82) is 0 Å². The zero-order valence-corrected chi connectivity index (χ0v) is 15.6. The second-order valence-corrected chi connectivity index (χ2v) is 6.11. The SMILES string of the molecule is CCCN(CCC)C(=O)c1cc(Nc2cccc(NC(C)=O)c2)ccn1. The van der Waals surface area contributed by atoms with E-state index in [1.54, 1.807) is 12.3 Å². The molecule has 0 spiro atoms. The van der Waals surface area contributed by atoms with Crippen LogP contribution in [0, 0.1) is 0 Å². The summed E-state index contributed by atoms with van der Waals surface area (Å²) in [4.78, 5) is 30.0. The molecule has 0 saturated heterocycles. The van der Waals surface area contributed by atoms with Crippen LogP contribution in [-0.2, 0) is 4.79 Å². The summed E-state index contributed by atoms with van der Waals surface area (Å²) in [5.41, 5.74) is 2.73. The van der Waals surface area contributed by atoms with Gasteiger partial charge in [0.15, 0.2) is 0 Å². The van der Waals surface area contributed by atoms with E-state index in [2.05, 4.69) is 29.5 Å². The summed E-state index contributed by atoms with van der Waals surface area (Å²) >= 11 is 0. The number of hydrogen-bond acceptors (Lipinski definition) is 4. The van der Waals surface area contributed by atoms with Gasteiger partial charge in [0.25, 0.3) is 5.91 Å². The molecule has 0 radical (unpaired) electrons. The molecular weight excluding hydrogens is 328 g/mol. The van der Waals surface area contributed by atoms with Crippen LogP contribution in [0.1, 0.15) is 44.1 Å². The Morgan fingerprint density at radius 3 is 2.31 bits per heavy atom. The van der Waals surface area contributed by atoms with Gasteiger partial charge in [0.05, 0.1) is 0 Å². The summed E-state index contributed by atoms with van der Waals surface area (Å²) < 4.78 is 0. The smallest absolute Gasteiger partial charge is 0.272 e. The molecular formula is C20H26N4O2. The first-order valence-corrected chi connectivity index (χ1v) is 8.93. The Bertz CT molecular complexity index is 755. The lowest BCUT2D eigenvalue weighted by molar-refractivity contribution is -0.114. The first-order valence-electron chi connectivity index (χ1n) is 8.93. The predicted molar refractivity (Wildman–Crippen MR) is 105 cm³/mol. The number of benzene rings is 1. The molecule has 0 unspecified atom stereocenters. The summed E-state index contributed by atoms with van der Waals surface area (Å²) in [6.07, 6.45) is 3.46. The molecule has 2 amide bonds. The minimum Gasteiger partial charge on any atom is -0.355 e. The Morgan fingerprint density at radius 2 is 1.65 bits per heavy atom. The fourth-order valence-electron chi connectivity index (χ4n) is 2.69. The molecule has 1 aromatic heterocycles. The predicted octanol–water partition coefficient (Wildman–Crippen LogP) is 4.05. The number of aromatic nitrogens is 1. The average molecular weight is 354 g/mol. The van der Waals surface area contributed by atoms with Crippen molar-refractivity contribution in [2.24, 2.45) is 0 Å². The van der Waals surface area contributed by atoms with Gasteiger partial charge in [0, 0.05) is 43.3 Å². The molecule has 6 heteroatoms. The van der Waals surface area contributed by atoms with E-state index >= 15 is 0 Å². The van der Waals surface area contributed by atoms with E-state index in [0.717, 1.165) is 37.3 Å². The lowest BCUT2D eigenvalue weighted by Crippen LogP contribution is -2.33. The zero-order valence-electron chi connectivity index (χ0n) is 15.6. The number of hydrogen-bond donors (Lipinski definition) is 2. The van der Waals surface area contributed by atoms with Crippen LogP contribution in [0.2, 0.25) is 0 Å². The maximum absolute atomic E-state index is 12.7. The molecule has 1 heterocycles. The Morgan fingerprint density at radius 1 is 1.00 bits per heavy atom. The lowest BCUT2D eigenvalue weighted by Gasteiger charge is -2.21. The van der Waals surface area contributed by atoms with Crippen LogP contribution in [0.4, 0.5) is 17.1 Å². The van der Waals surface area contributed by atoms with Crippen molar-refractivity contribution in [3.63, 3.8) is 0 Å². The van der Waals surface area contributed by atoms with Gasteiger partial charge in [0.1, 0.15) is 5.69 Å². The maximum atomic E-state index is 12.7. The van der Waals surface area contributed by atoms with Crippen molar-refractivity contribution >= 4 is 28.9 Å². The first kappa shape index (κ1) is 19.4. The van der Waals surface area contributed by atoms with Crippen LogP contribution in [-0.4, -0.2) is 34.8 Å². The number of nitrogens with one attached hydrogen (secondary N) is 2. The third-order valence-electron chi connectivity index (χ3n) is 3.72. The molecule has 2 aromatic rings. The van der Waals surface area contributed by atoms with Gasteiger partial charge in [-0.2, -0.15) is 0 Å².